The number of imidazole rings is 1. The van der Waals surface area contributed by atoms with Crippen LogP contribution in [0.25, 0.3) is 27.4 Å². The van der Waals surface area contributed by atoms with E-state index in [0.29, 0.717) is 38.8 Å². The molecule has 0 atom stereocenters. The van der Waals surface area contributed by atoms with Gasteiger partial charge in [0.15, 0.2) is 22.9 Å². The molecule has 1 fully saturated rings. The van der Waals surface area contributed by atoms with Crippen molar-refractivity contribution in [1.29, 1.82) is 0 Å². The average molecular weight is 512 g/mol. The third-order valence-corrected chi connectivity index (χ3v) is 7.36. The molecule has 0 bridgehead atoms. The Morgan fingerprint density at radius 2 is 1.97 bits per heavy atom. The van der Waals surface area contributed by atoms with Gasteiger partial charge in [-0.1, -0.05) is 35.1 Å². The molecule has 182 valence electrons. The van der Waals surface area contributed by atoms with E-state index in [4.69, 9.17) is 26.1 Å². The molecule has 3 heterocycles. The van der Waals surface area contributed by atoms with E-state index in [-0.39, 0.29) is 0 Å². The largest absolute Gasteiger partial charge is 0.493 e. The van der Waals surface area contributed by atoms with Gasteiger partial charge in [-0.05, 0) is 19.2 Å². The van der Waals surface area contributed by atoms with Crippen LogP contribution in [0.5, 0.6) is 11.5 Å². The van der Waals surface area contributed by atoms with Crippen LogP contribution in [0.2, 0.25) is 5.02 Å². The molecule has 0 spiro atoms. The molecule has 1 aliphatic rings. The number of thiazole rings is 1. The third kappa shape index (κ3) is 5.04. The second-order valence-electron chi connectivity index (χ2n) is 8.44. The number of hydrogen-bond acceptors (Lipinski definition) is 8. The predicted molar refractivity (Wildman–Crippen MR) is 139 cm³/mol. The molecule has 5 rings (SSSR count). The van der Waals surface area contributed by atoms with Crippen molar-refractivity contribution >= 4 is 40.3 Å². The van der Waals surface area contributed by atoms with Crippen molar-refractivity contribution in [2.75, 3.05) is 53.5 Å². The molecule has 0 unspecified atom stereocenters. The Bertz CT molecular complexity index is 1350. The number of piperazine rings is 1. The number of benzene rings is 2. The highest BCUT2D eigenvalue weighted by atomic mass is 35.5. The Balaban J connectivity index is 1.43. The molecule has 35 heavy (non-hydrogen) atoms. The minimum atomic E-state index is 0.529. The summed E-state index contributed by atoms with van der Waals surface area (Å²) in [7, 11) is 3.77. The molecule has 8 nitrogen and oxygen atoms in total. The summed E-state index contributed by atoms with van der Waals surface area (Å²) in [6.45, 7) is 5.64. The first kappa shape index (κ1) is 23.7. The molecule has 2 aromatic heterocycles. The molecular weight excluding hydrogens is 486 g/mol. The maximum absolute atomic E-state index is 11.8. The second kappa shape index (κ2) is 10.3. The molecule has 10 heteroatoms. The summed E-state index contributed by atoms with van der Waals surface area (Å²) in [5.74, 6) is 1.28. The lowest BCUT2D eigenvalue weighted by atomic mass is 10.1. The van der Waals surface area contributed by atoms with Crippen molar-refractivity contribution in [3.8, 4) is 27.9 Å². The smallest absolute Gasteiger partial charge is 0.196 e. The van der Waals surface area contributed by atoms with Gasteiger partial charge in [0.05, 0.1) is 28.7 Å². The number of methoxy groups -OCH3 is 1. The Morgan fingerprint density at radius 1 is 1.14 bits per heavy atom. The maximum Gasteiger partial charge on any atom is 0.196 e. The van der Waals surface area contributed by atoms with E-state index in [9.17, 15) is 4.79 Å². The van der Waals surface area contributed by atoms with Gasteiger partial charge in [0.25, 0.3) is 0 Å². The van der Waals surface area contributed by atoms with Gasteiger partial charge in [-0.15, -0.1) is 0 Å². The van der Waals surface area contributed by atoms with Crippen LogP contribution < -0.4 is 9.47 Å². The molecule has 0 amide bonds. The minimum absolute atomic E-state index is 0.529. The van der Waals surface area contributed by atoms with Crippen molar-refractivity contribution < 1.29 is 14.3 Å². The van der Waals surface area contributed by atoms with Crippen LogP contribution >= 0.6 is 22.9 Å². The quantitative estimate of drug-likeness (QED) is 0.327. The first-order valence-electron chi connectivity index (χ1n) is 11.4. The summed E-state index contributed by atoms with van der Waals surface area (Å²) in [4.78, 5) is 26.4. The predicted octanol–water partition coefficient (Wildman–Crippen LogP) is 4.25. The van der Waals surface area contributed by atoms with Crippen molar-refractivity contribution in [1.82, 2.24) is 24.3 Å². The standard InChI is InChI=1S/C25H26ClN5O3S/c1-29-6-8-30(9-7-29)10-11-34-22-14-20-19(13-21(22)33-2)27-16-31(20)25-28-24(23(15-32)35-25)17-4-3-5-18(26)12-17/h3-5,12-16H,6-11H2,1-2H3. The van der Waals surface area contributed by atoms with Crippen LogP contribution in [-0.4, -0.2) is 84.1 Å². The van der Waals surface area contributed by atoms with Crippen LogP contribution in [-0.2, 0) is 0 Å². The topological polar surface area (TPSA) is 72.7 Å². The zero-order valence-corrected chi connectivity index (χ0v) is 21.2. The molecule has 0 aliphatic carbocycles. The lowest BCUT2D eigenvalue weighted by Gasteiger charge is -2.32. The van der Waals surface area contributed by atoms with Gasteiger partial charge in [0.1, 0.15) is 12.9 Å². The Kier molecular flexibility index (Phi) is 7.01. The van der Waals surface area contributed by atoms with E-state index in [1.165, 1.54) is 11.3 Å². The lowest BCUT2D eigenvalue weighted by Crippen LogP contribution is -2.45. The molecular formula is C25H26ClN5O3S. The summed E-state index contributed by atoms with van der Waals surface area (Å²) < 4.78 is 13.6. The number of carbonyl (C=O) groups is 1. The average Bonchev–Trinajstić information content (AvgIpc) is 3.48. The van der Waals surface area contributed by atoms with E-state index in [0.717, 1.165) is 55.6 Å². The third-order valence-electron chi connectivity index (χ3n) is 6.15. The molecule has 2 aromatic carbocycles. The van der Waals surface area contributed by atoms with Crippen LogP contribution in [0.3, 0.4) is 0 Å². The molecule has 0 saturated carbocycles. The molecule has 4 aromatic rings. The van der Waals surface area contributed by atoms with Gasteiger partial charge in [-0.25, -0.2) is 9.97 Å². The molecule has 0 N–H and O–H groups in total. The zero-order valence-electron chi connectivity index (χ0n) is 19.6. The highest BCUT2D eigenvalue weighted by Crippen LogP contribution is 2.35. The van der Waals surface area contributed by atoms with E-state index in [1.807, 2.05) is 28.8 Å². The minimum Gasteiger partial charge on any atom is -0.493 e. The number of fused-ring (bicyclic) bond motifs is 1. The number of likely N-dealkylation sites (N-methyl/N-ethyl adjacent to an activating group) is 1. The van der Waals surface area contributed by atoms with Crippen molar-refractivity contribution in [3.05, 3.63) is 52.6 Å². The Hall–Kier alpha value is -2.98. The number of carbonyl (C=O) groups excluding carboxylic acids is 1. The van der Waals surface area contributed by atoms with Crippen LogP contribution in [0.1, 0.15) is 9.67 Å². The van der Waals surface area contributed by atoms with Gasteiger partial charge in [-0.3, -0.25) is 14.3 Å². The Morgan fingerprint density at radius 3 is 2.71 bits per heavy atom. The number of nitrogens with zero attached hydrogens (tertiary/aromatic N) is 5. The van der Waals surface area contributed by atoms with Crippen LogP contribution in [0.15, 0.2) is 42.7 Å². The SMILES string of the molecule is COc1cc2ncn(-c3nc(-c4cccc(Cl)c4)c(C=O)s3)c2cc1OCCN1CCN(C)CC1. The lowest BCUT2D eigenvalue weighted by molar-refractivity contribution is 0.112. The van der Waals surface area contributed by atoms with Gasteiger partial charge < -0.3 is 14.4 Å². The number of hydrogen-bond donors (Lipinski definition) is 0. The highest BCUT2D eigenvalue weighted by Gasteiger charge is 2.19. The summed E-state index contributed by atoms with van der Waals surface area (Å²) in [6, 6.07) is 11.1. The summed E-state index contributed by atoms with van der Waals surface area (Å²) in [5.41, 5.74) is 2.97. The summed E-state index contributed by atoms with van der Waals surface area (Å²) >= 11 is 7.46. The maximum atomic E-state index is 11.8. The van der Waals surface area contributed by atoms with Crippen LogP contribution in [0.4, 0.5) is 0 Å². The molecule has 0 radical (unpaired) electrons. The van der Waals surface area contributed by atoms with Crippen LogP contribution in [0, 0.1) is 0 Å². The second-order valence-corrected chi connectivity index (χ2v) is 9.88. The summed E-state index contributed by atoms with van der Waals surface area (Å²) in [5, 5.41) is 1.23. The summed E-state index contributed by atoms with van der Waals surface area (Å²) in [6.07, 6.45) is 2.53. The van der Waals surface area contributed by atoms with Gasteiger partial charge >= 0.3 is 0 Å². The van der Waals surface area contributed by atoms with E-state index in [2.05, 4.69) is 21.8 Å². The van der Waals surface area contributed by atoms with Crippen molar-refractivity contribution in [2.45, 2.75) is 0 Å². The first-order valence-corrected chi connectivity index (χ1v) is 12.6. The first-order chi connectivity index (χ1) is 17.1. The van der Waals surface area contributed by atoms with Crippen molar-refractivity contribution in [3.63, 3.8) is 0 Å². The fourth-order valence-electron chi connectivity index (χ4n) is 4.14. The fraction of sp³-hybridized carbons (Fsp3) is 0.320. The number of ether oxygens (including phenoxy) is 2. The monoisotopic (exact) mass is 511 g/mol. The van der Waals surface area contributed by atoms with Gasteiger partial charge in [-0.2, -0.15) is 0 Å². The highest BCUT2D eigenvalue weighted by molar-refractivity contribution is 7.16. The molecule has 1 saturated heterocycles. The van der Waals surface area contributed by atoms with E-state index in [1.54, 1.807) is 25.6 Å². The van der Waals surface area contributed by atoms with Gasteiger partial charge in [0, 0.05) is 55.4 Å². The number of halogens is 1. The number of aldehydes is 1. The van der Waals surface area contributed by atoms with E-state index < -0.39 is 0 Å². The fourth-order valence-corrected chi connectivity index (χ4v) is 5.22. The Labute approximate surface area is 212 Å². The number of aromatic nitrogens is 3. The number of rotatable bonds is 8. The normalized spacial score (nSPS) is 14.9. The van der Waals surface area contributed by atoms with Crippen molar-refractivity contribution in [2.24, 2.45) is 0 Å². The van der Waals surface area contributed by atoms with E-state index >= 15 is 0 Å². The zero-order chi connectivity index (χ0) is 24.4. The van der Waals surface area contributed by atoms with Gasteiger partial charge in [0.2, 0.25) is 0 Å². The molecule has 1 aliphatic heterocycles.